The zero-order valence-corrected chi connectivity index (χ0v) is 35.6. The van der Waals surface area contributed by atoms with Gasteiger partial charge >= 0.3 is 6.18 Å². The third-order valence-corrected chi connectivity index (χ3v) is 12.4. The number of nitriles is 4. The van der Waals surface area contributed by atoms with Gasteiger partial charge < -0.3 is 9.13 Å². The van der Waals surface area contributed by atoms with Crippen molar-refractivity contribution in [3.05, 3.63) is 210 Å². The Bertz CT molecular complexity index is 4010. The summed E-state index contributed by atoms with van der Waals surface area (Å²) in [6.45, 7) is 0. The number of rotatable bonds is 6. The maximum absolute atomic E-state index is 15.9. The van der Waals surface area contributed by atoms with Crippen LogP contribution in [0.3, 0.4) is 0 Å². The topological polar surface area (TPSA) is 118 Å². The molecule has 0 unspecified atom stereocenters. The van der Waals surface area contributed by atoms with Crippen molar-refractivity contribution in [1.82, 2.24) is 14.1 Å². The molecule has 11 rings (SSSR count). The fourth-order valence-corrected chi connectivity index (χ4v) is 9.41. The molecule has 0 aliphatic rings. The summed E-state index contributed by atoms with van der Waals surface area (Å²) in [4.78, 5) is 4.86. The quantitative estimate of drug-likeness (QED) is 0.165. The molecule has 10 heteroatoms. The monoisotopic (exact) mass is 881 g/mol. The largest absolute Gasteiger partial charge is 0.417 e. The summed E-state index contributed by atoms with van der Waals surface area (Å²) in [7, 11) is 0. The summed E-state index contributed by atoms with van der Waals surface area (Å²) in [5, 5.41) is 42.3. The van der Waals surface area contributed by atoms with Crippen molar-refractivity contribution in [3.63, 3.8) is 0 Å². The molecule has 3 aromatic heterocycles. The number of hydrogen-bond acceptors (Lipinski definition) is 5. The maximum Gasteiger partial charge on any atom is 0.417 e. The minimum Gasteiger partial charge on any atom is -0.307 e. The van der Waals surface area contributed by atoms with Crippen molar-refractivity contribution in [2.45, 2.75) is 6.18 Å². The summed E-state index contributed by atoms with van der Waals surface area (Å²) >= 11 is 0. The van der Waals surface area contributed by atoms with Crippen LogP contribution in [0.1, 0.15) is 27.8 Å². The van der Waals surface area contributed by atoms with Gasteiger partial charge in [0, 0.05) is 32.7 Å². The van der Waals surface area contributed by atoms with Gasteiger partial charge in [-0.15, -0.1) is 0 Å². The Morgan fingerprint density at radius 2 is 0.809 bits per heavy atom. The zero-order valence-electron chi connectivity index (χ0n) is 35.6. The molecule has 0 spiro atoms. The SMILES string of the molecule is N#Cc1cc(C#N)cc(-c2ccc3c(c2)c2ccccc2n3-c2cc(-c3cccc(-c4ccccc4)n3)c(C(F)(F)F)cc2-n2c3ccccc3c3cc(-c4cc(C#N)cc(C#N)c4)ccc32)c1. The highest BCUT2D eigenvalue weighted by molar-refractivity contribution is 6.13. The first-order chi connectivity index (χ1) is 33.1. The first-order valence-corrected chi connectivity index (χ1v) is 21.4. The lowest BCUT2D eigenvalue weighted by atomic mass is 9.98. The molecule has 0 aliphatic carbocycles. The molecule has 3 heterocycles. The van der Waals surface area contributed by atoms with Crippen LogP contribution < -0.4 is 0 Å². The van der Waals surface area contributed by atoms with E-state index >= 15 is 13.2 Å². The van der Waals surface area contributed by atoms with E-state index in [1.807, 2.05) is 124 Å². The number of nitrogens with zero attached hydrogens (tertiary/aromatic N) is 7. The summed E-state index contributed by atoms with van der Waals surface area (Å²) in [5.41, 5.74) is 8.02. The van der Waals surface area contributed by atoms with Gasteiger partial charge in [-0.1, -0.05) is 84.9 Å². The highest BCUT2D eigenvalue weighted by Crippen LogP contribution is 2.46. The van der Waals surface area contributed by atoms with Crippen molar-refractivity contribution in [1.29, 1.82) is 21.0 Å². The Morgan fingerprint density at radius 1 is 0.368 bits per heavy atom. The Balaban J connectivity index is 1.24. The molecule has 0 saturated carbocycles. The number of para-hydroxylation sites is 2. The average molecular weight is 882 g/mol. The molecule has 0 bridgehead atoms. The number of fused-ring (bicyclic) bond motifs is 6. The van der Waals surface area contributed by atoms with Crippen LogP contribution in [0, 0.1) is 45.3 Å². The summed E-state index contributed by atoms with van der Waals surface area (Å²) in [5.74, 6) is 0. The van der Waals surface area contributed by atoms with Crippen molar-refractivity contribution in [3.8, 4) is 80.4 Å². The third-order valence-electron chi connectivity index (χ3n) is 12.4. The van der Waals surface area contributed by atoms with E-state index in [4.69, 9.17) is 4.98 Å². The molecular weight excluding hydrogens is 852 g/mol. The molecule has 0 amide bonds. The molecular formula is C58H30F3N7. The fraction of sp³-hybridized carbons (Fsp3) is 0.0172. The lowest BCUT2D eigenvalue weighted by Gasteiger charge is -2.22. The van der Waals surface area contributed by atoms with E-state index in [1.165, 1.54) is 18.2 Å². The van der Waals surface area contributed by atoms with Crippen LogP contribution in [0.2, 0.25) is 0 Å². The van der Waals surface area contributed by atoms with E-state index in [0.29, 0.717) is 61.3 Å². The van der Waals surface area contributed by atoms with Gasteiger partial charge in [0.05, 0.1) is 96.9 Å². The number of alkyl halides is 3. The minimum absolute atomic E-state index is 0.109. The van der Waals surface area contributed by atoms with Crippen molar-refractivity contribution < 1.29 is 13.2 Å². The van der Waals surface area contributed by atoms with E-state index < -0.39 is 11.7 Å². The van der Waals surface area contributed by atoms with Crippen LogP contribution in [0.4, 0.5) is 13.2 Å². The Labute approximate surface area is 386 Å². The number of pyridine rings is 1. The molecule has 11 aromatic rings. The van der Waals surface area contributed by atoms with Crippen LogP contribution in [0.5, 0.6) is 0 Å². The van der Waals surface area contributed by atoms with Gasteiger partial charge in [-0.2, -0.15) is 34.2 Å². The van der Waals surface area contributed by atoms with Gasteiger partial charge in [-0.3, -0.25) is 0 Å². The van der Waals surface area contributed by atoms with E-state index in [0.717, 1.165) is 43.8 Å². The van der Waals surface area contributed by atoms with Gasteiger partial charge in [0.15, 0.2) is 0 Å². The second-order valence-electron chi connectivity index (χ2n) is 16.4. The van der Waals surface area contributed by atoms with Gasteiger partial charge in [0.1, 0.15) is 0 Å². The predicted octanol–water partition coefficient (Wildman–Crippen LogP) is 14.4. The molecule has 7 nitrogen and oxygen atoms in total. The van der Waals surface area contributed by atoms with Crippen LogP contribution in [-0.2, 0) is 6.18 Å². The molecule has 0 saturated heterocycles. The van der Waals surface area contributed by atoms with Crippen LogP contribution in [0.25, 0.3) is 99.8 Å². The van der Waals surface area contributed by atoms with E-state index in [-0.39, 0.29) is 16.9 Å². The summed E-state index contributed by atoms with van der Waals surface area (Å²) < 4.78 is 51.7. The van der Waals surface area contributed by atoms with Crippen LogP contribution >= 0.6 is 0 Å². The number of halogens is 3. The van der Waals surface area contributed by atoms with Crippen LogP contribution in [-0.4, -0.2) is 14.1 Å². The highest BCUT2D eigenvalue weighted by atomic mass is 19.4. The van der Waals surface area contributed by atoms with Crippen LogP contribution in [0.15, 0.2) is 182 Å². The molecule has 0 fully saturated rings. The lowest BCUT2D eigenvalue weighted by molar-refractivity contribution is -0.137. The Morgan fingerprint density at radius 3 is 1.29 bits per heavy atom. The molecule has 318 valence electrons. The molecule has 0 radical (unpaired) electrons. The maximum atomic E-state index is 15.9. The highest BCUT2D eigenvalue weighted by Gasteiger charge is 2.36. The standard InChI is InChI=1S/C58H30F3N7/c59-58(60,61)49-30-57(68-53-16-7-5-12-45(53)47-28-41(18-20-55(47)68)43-25-37(33-64)22-38(26-43)34-65)56(29-48(49)51-14-8-13-50(66-51)39-9-2-1-3-10-39)67-52-15-6-4-11-44(52)46-27-40(17-19-54(46)67)42-23-35(31-62)21-36(24-42)32-63/h1-30H. The van der Waals surface area contributed by atoms with E-state index in [9.17, 15) is 21.0 Å². The van der Waals surface area contributed by atoms with Crippen molar-refractivity contribution in [2.75, 3.05) is 0 Å². The average Bonchev–Trinajstić information content (AvgIpc) is 3.89. The molecule has 0 aliphatic heterocycles. The first kappa shape index (κ1) is 41.0. The third kappa shape index (κ3) is 6.86. The number of aromatic nitrogens is 3. The predicted molar refractivity (Wildman–Crippen MR) is 259 cm³/mol. The normalized spacial score (nSPS) is 11.4. The lowest BCUT2D eigenvalue weighted by Crippen LogP contribution is -2.12. The van der Waals surface area contributed by atoms with Crippen molar-refractivity contribution >= 4 is 43.6 Å². The van der Waals surface area contributed by atoms with Gasteiger partial charge in [-0.25, -0.2) is 4.98 Å². The zero-order chi connectivity index (χ0) is 46.7. The van der Waals surface area contributed by atoms with Crippen molar-refractivity contribution in [2.24, 2.45) is 0 Å². The van der Waals surface area contributed by atoms with E-state index in [1.54, 1.807) is 48.5 Å². The summed E-state index contributed by atoms with van der Waals surface area (Å²) in [6.07, 6.45) is -4.82. The smallest absolute Gasteiger partial charge is 0.307 e. The summed E-state index contributed by atoms with van der Waals surface area (Å²) in [6, 6.07) is 62.5. The second-order valence-corrected chi connectivity index (χ2v) is 16.4. The number of hydrogen-bond donors (Lipinski definition) is 0. The first-order valence-electron chi connectivity index (χ1n) is 21.4. The number of benzene rings is 8. The van der Waals surface area contributed by atoms with Gasteiger partial charge in [0.2, 0.25) is 0 Å². The minimum atomic E-state index is -4.82. The Kier molecular flexibility index (Phi) is 9.68. The fourth-order valence-electron chi connectivity index (χ4n) is 9.41. The molecule has 0 atom stereocenters. The molecule has 68 heavy (non-hydrogen) atoms. The molecule has 0 N–H and O–H groups in total. The molecule has 8 aromatic carbocycles. The van der Waals surface area contributed by atoms with Gasteiger partial charge in [0.25, 0.3) is 0 Å². The van der Waals surface area contributed by atoms with Gasteiger partial charge in [-0.05, 0) is 119 Å². The second kappa shape index (κ2) is 16.1. The Hall–Kier alpha value is -9.74. The van der Waals surface area contributed by atoms with E-state index in [2.05, 4.69) is 24.3 Å².